The second-order valence-corrected chi connectivity index (χ2v) is 12.0. The normalized spacial score (nSPS) is 11.2. The van der Waals surface area contributed by atoms with Crippen LogP contribution in [0.1, 0.15) is 28.1 Å². The number of rotatable bonds is 8. The highest BCUT2D eigenvalue weighted by molar-refractivity contribution is 7.99. The average Bonchev–Trinajstić information content (AvgIpc) is 3.31. The molecule has 8 heteroatoms. The Hall–Kier alpha value is -3.39. The van der Waals surface area contributed by atoms with Crippen LogP contribution in [0, 0.1) is 20.8 Å². The molecule has 0 saturated heterocycles. The van der Waals surface area contributed by atoms with Gasteiger partial charge in [0, 0.05) is 33.1 Å². The summed E-state index contributed by atoms with van der Waals surface area (Å²) >= 11 is 9.67. The summed E-state index contributed by atoms with van der Waals surface area (Å²) in [5.74, 6) is 0.717. The number of carbonyl (C=O) groups is 1. The SMILES string of the molecule is CSc1cc(C)nc(SC)c1NC(=O)N(Cc1ccccc1Cl)Cc1oc2ccc(C)cc2c1-c1ccc(C)cc1. The lowest BCUT2D eigenvalue weighted by Gasteiger charge is -2.25. The molecule has 0 aliphatic carbocycles. The first-order valence-corrected chi connectivity index (χ1v) is 16.1. The van der Waals surface area contributed by atoms with Crippen molar-refractivity contribution in [1.29, 1.82) is 0 Å². The Bertz CT molecular complexity index is 1690. The van der Waals surface area contributed by atoms with Gasteiger partial charge in [0.05, 0.1) is 12.2 Å². The molecule has 0 atom stereocenters. The van der Waals surface area contributed by atoms with Gasteiger partial charge in [0.2, 0.25) is 0 Å². The summed E-state index contributed by atoms with van der Waals surface area (Å²) in [6, 6.07) is 23.9. The second-order valence-electron chi connectivity index (χ2n) is 9.99. The number of anilines is 1. The number of fused-ring (bicyclic) bond motifs is 1. The molecule has 0 bridgehead atoms. The standard InChI is InChI=1S/C33H32ClN3O2S2/c1-20-10-13-23(14-11-20)30-25-16-21(2)12-15-27(25)39-28(30)19-37(18-24-8-6-7-9-26(24)34)33(38)36-31-29(40-4)17-22(3)35-32(31)41-5/h6-17H,18-19H2,1-5H3,(H,36,38). The van der Waals surface area contributed by atoms with Gasteiger partial charge in [-0.05, 0) is 68.7 Å². The Morgan fingerprint density at radius 1 is 0.927 bits per heavy atom. The quantitative estimate of drug-likeness (QED) is 0.179. The van der Waals surface area contributed by atoms with Crippen LogP contribution in [0.4, 0.5) is 10.5 Å². The zero-order chi connectivity index (χ0) is 29.1. The molecule has 0 radical (unpaired) electrons. The van der Waals surface area contributed by atoms with Crippen LogP contribution in [-0.4, -0.2) is 28.4 Å². The van der Waals surface area contributed by atoms with E-state index in [2.05, 4.69) is 54.5 Å². The number of carbonyl (C=O) groups excluding carboxylic acids is 1. The topological polar surface area (TPSA) is 58.4 Å². The number of halogens is 1. The van der Waals surface area contributed by atoms with Crippen molar-refractivity contribution in [3.05, 3.63) is 106 Å². The first-order chi connectivity index (χ1) is 19.8. The van der Waals surface area contributed by atoms with Gasteiger partial charge in [-0.25, -0.2) is 9.78 Å². The van der Waals surface area contributed by atoms with Crippen LogP contribution in [0.25, 0.3) is 22.1 Å². The molecule has 1 N–H and O–H groups in total. The summed E-state index contributed by atoms with van der Waals surface area (Å²) in [4.78, 5) is 21.5. The van der Waals surface area contributed by atoms with Gasteiger partial charge in [0.25, 0.3) is 0 Å². The Labute approximate surface area is 254 Å². The summed E-state index contributed by atoms with van der Waals surface area (Å²) < 4.78 is 6.47. The summed E-state index contributed by atoms with van der Waals surface area (Å²) in [7, 11) is 0. The van der Waals surface area contributed by atoms with Gasteiger partial charge < -0.3 is 14.6 Å². The molecular weight excluding hydrogens is 570 g/mol. The van der Waals surface area contributed by atoms with E-state index in [1.165, 1.54) is 17.3 Å². The van der Waals surface area contributed by atoms with Crippen molar-refractivity contribution in [2.75, 3.05) is 17.8 Å². The number of aromatic nitrogens is 1. The predicted octanol–water partition coefficient (Wildman–Crippen LogP) is 9.75. The molecule has 2 heterocycles. The van der Waals surface area contributed by atoms with Crippen LogP contribution in [-0.2, 0) is 13.1 Å². The molecular formula is C33H32ClN3O2S2. The van der Waals surface area contributed by atoms with Gasteiger partial charge >= 0.3 is 6.03 Å². The fourth-order valence-electron chi connectivity index (χ4n) is 4.84. The van der Waals surface area contributed by atoms with E-state index >= 15 is 0 Å². The van der Waals surface area contributed by atoms with Crippen LogP contribution in [0.15, 0.2) is 87.1 Å². The van der Waals surface area contributed by atoms with Crippen molar-refractivity contribution in [1.82, 2.24) is 9.88 Å². The lowest BCUT2D eigenvalue weighted by atomic mass is 9.99. The number of nitrogens with one attached hydrogen (secondary N) is 1. The fraction of sp³-hybridized carbons (Fsp3) is 0.212. The summed E-state index contributed by atoms with van der Waals surface area (Å²) in [6.45, 7) is 6.66. The predicted molar refractivity (Wildman–Crippen MR) is 173 cm³/mol. The number of hydrogen-bond donors (Lipinski definition) is 1. The maximum atomic E-state index is 14.1. The van der Waals surface area contributed by atoms with Gasteiger partial charge in [-0.15, -0.1) is 23.5 Å². The minimum Gasteiger partial charge on any atom is -0.459 e. The Morgan fingerprint density at radius 3 is 2.37 bits per heavy atom. The van der Waals surface area contributed by atoms with Gasteiger partial charge in [-0.2, -0.15) is 0 Å². The van der Waals surface area contributed by atoms with Crippen molar-refractivity contribution < 1.29 is 9.21 Å². The van der Waals surface area contributed by atoms with E-state index in [1.807, 2.05) is 61.9 Å². The van der Waals surface area contributed by atoms with Gasteiger partial charge in [-0.1, -0.05) is 71.3 Å². The fourth-order valence-corrected chi connectivity index (χ4v) is 6.34. The third-order valence-electron chi connectivity index (χ3n) is 6.92. The van der Waals surface area contributed by atoms with Crippen LogP contribution < -0.4 is 5.32 Å². The second kappa shape index (κ2) is 12.6. The van der Waals surface area contributed by atoms with E-state index in [-0.39, 0.29) is 12.6 Å². The Morgan fingerprint density at radius 2 is 1.66 bits per heavy atom. The molecule has 3 aromatic carbocycles. The molecule has 0 saturated carbocycles. The van der Waals surface area contributed by atoms with Crippen molar-refractivity contribution in [3.63, 3.8) is 0 Å². The molecule has 0 aliphatic rings. The highest BCUT2D eigenvalue weighted by atomic mass is 35.5. The van der Waals surface area contributed by atoms with E-state index in [0.29, 0.717) is 23.0 Å². The van der Waals surface area contributed by atoms with E-state index in [1.54, 1.807) is 16.7 Å². The number of nitrogens with zero attached hydrogens (tertiary/aromatic N) is 2. The summed E-state index contributed by atoms with van der Waals surface area (Å²) in [5, 5.41) is 5.59. The number of amides is 2. The van der Waals surface area contributed by atoms with Crippen molar-refractivity contribution in [2.45, 2.75) is 43.8 Å². The first kappa shape index (κ1) is 29.1. The van der Waals surface area contributed by atoms with E-state index in [9.17, 15) is 4.79 Å². The van der Waals surface area contributed by atoms with Gasteiger partial charge in [0.1, 0.15) is 16.4 Å². The van der Waals surface area contributed by atoms with Gasteiger partial charge in [0.15, 0.2) is 0 Å². The number of hydrogen-bond acceptors (Lipinski definition) is 5. The average molecular weight is 602 g/mol. The third-order valence-corrected chi connectivity index (χ3v) is 8.73. The highest BCUT2D eigenvalue weighted by Gasteiger charge is 2.24. The van der Waals surface area contributed by atoms with Crippen molar-refractivity contribution in [3.8, 4) is 11.1 Å². The third kappa shape index (κ3) is 6.43. The van der Waals surface area contributed by atoms with Crippen LogP contribution in [0.3, 0.4) is 0 Å². The smallest absolute Gasteiger partial charge is 0.322 e. The molecule has 0 aliphatic heterocycles. The van der Waals surface area contributed by atoms with E-state index in [4.69, 9.17) is 16.0 Å². The molecule has 0 unspecified atom stereocenters. The molecule has 0 spiro atoms. The lowest BCUT2D eigenvalue weighted by Crippen LogP contribution is -2.34. The molecule has 2 aromatic heterocycles. The van der Waals surface area contributed by atoms with Crippen LogP contribution in [0.2, 0.25) is 5.02 Å². The van der Waals surface area contributed by atoms with Crippen molar-refractivity contribution in [2.24, 2.45) is 0 Å². The molecule has 5 rings (SSSR count). The molecule has 41 heavy (non-hydrogen) atoms. The minimum absolute atomic E-state index is 0.247. The van der Waals surface area contributed by atoms with E-state index < -0.39 is 0 Å². The first-order valence-electron chi connectivity index (χ1n) is 13.3. The molecule has 2 amide bonds. The van der Waals surface area contributed by atoms with E-state index in [0.717, 1.165) is 48.8 Å². The largest absolute Gasteiger partial charge is 0.459 e. The molecule has 0 fully saturated rings. The molecule has 5 aromatic rings. The monoisotopic (exact) mass is 601 g/mol. The lowest BCUT2D eigenvalue weighted by molar-refractivity contribution is 0.202. The number of thioether (sulfide) groups is 2. The number of furan rings is 1. The number of benzene rings is 3. The maximum Gasteiger partial charge on any atom is 0.322 e. The highest BCUT2D eigenvalue weighted by Crippen LogP contribution is 2.38. The number of pyridine rings is 1. The Kier molecular flexibility index (Phi) is 8.97. The van der Waals surface area contributed by atoms with Crippen LogP contribution >= 0.6 is 35.1 Å². The zero-order valence-electron chi connectivity index (χ0n) is 23.7. The summed E-state index contributed by atoms with van der Waals surface area (Å²) in [5.41, 5.74) is 7.62. The van der Waals surface area contributed by atoms with Crippen LogP contribution in [0.5, 0.6) is 0 Å². The number of urea groups is 1. The van der Waals surface area contributed by atoms with Gasteiger partial charge in [-0.3, -0.25) is 0 Å². The molecule has 210 valence electrons. The molecule has 5 nitrogen and oxygen atoms in total. The van der Waals surface area contributed by atoms with Crippen molar-refractivity contribution >= 4 is 57.8 Å². The Balaban J connectivity index is 1.59. The zero-order valence-corrected chi connectivity index (χ0v) is 26.1. The summed E-state index contributed by atoms with van der Waals surface area (Å²) in [6.07, 6.45) is 3.97. The number of aryl methyl sites for hydroxylation is 3. The maximum absolute atomic E-state index is 14.1. The minimum atomic E-state index is -0.257.